The van der Waals surface area contributed by atoms with Crippen LogP contribution in [-0.2, 0) is 0 Å². The smallest absolute Gasteiger partial charge is 0.137 e. The third-order valence-corrected chi connectivity index (χ3v) is 2.72. The zero-order valence-electron chi connectivity index (χ0n) is 9.93. The molecule has 4 heteroatoms. The summed E-state index contributed by atoms with van der Waals surface area (Å²) in [6.07, 6.45) is 3.30. The summed E-state index contributed by atoms with van der Waals surface area (Å²) in [6, 6.07) is 8.22. The topological polar surface area (TPSA) is 58.0 Å². The number of nitrogens with zero attached hydrogens (tertiary/aromatic N) is 2. The second-order valence-electron chi connectivity index (χ2n) is 4.15. The van der Waals surface area contributed by atoms with E-state index < -0.39 is 0 Å². The van der Waals surface area contributed by atoms with Crippen LogP contribution in [0.5, 0.6) is 0 Å². The standard InChI is InChI=1S/C13H17N3O/c1-10(5-4-8-17)16-13-11-6-2-3-7-12(11)14-9-15-13/h2-3,6-7,9-10,17H,4-5,8H2,1H3,(H,14,15,16). The number of nitrogens with one attached hydrogen (secondary N) is 1. The van der Waals surface area contributed by atoms with Crippen molar-refractivity contribution in [2.75, 3.05) is 11.9 Å². The number of benzene rings is 1. The van der Waals surface area contributed by atoms with Gasteiger partial charge in [-0.15, -0.1) is 0 Å². The van der Waals surface area contributed by atoms with Crippen LogP contribution in [-0.4, -0.2) is 27.7 Å². The van der Waals surface area contributed by atoms with E-state index in [9.17, 15) is 0 Å². The summed E-state index contributed by atoms with van der Waals surface area (Å²) in [6.45, 7) is 2.32. The van der Waals surface area contributed by atoms with Crippen LogP contribution >= 0.6 is 0 Å². The summed E-state index contributed by atoms with van der Waals surface area (Å²) in [4.78, 5) is 8.49. The molecule has 1 atom stereocenters. The van der Waals surface area contributed by atoms with Gasteiger partial charge in [-0.3, -0.25) is 0 Å². The van der Waals surface area contributed by atoms with Gasteiger partial charge in [0, 0.05) is 18.0 Å². The van der Waals surface area contributed by atoms with Gasteiger partial charge in [-0.05, 0) is 31.9 Å². The predicted molar refractivity (Wildman–Crippen MR) is 68.9 cm³/mol. The van der Waals surface area contributed by atoms with E-state index in [1.165, 1.54) is 0 Å². The van der Waals surface area contributed by atoms with Gasteiger partial charge in [-0.2, -0.15) is 0 Å². The van der Waals surface area contributed by atoms with Crippen LogP contribution in [0.1, 0.15) is 19.8 Å². The van der Waals surface area contributed by atoms with Crippen molar-refractivity contribution in [3.05, 3.63) is 30.6 Å². The molecule has 1 aromatic carbocycles. The fourth-order valence-corrected chi connectivity index (χ4v) is 1.82. The number of anilines is 1. The van der Waals surface area contributed by atoms with E-state index in [1.54, 1.807) is 6.33 Å². The Morgan fingerprint density at radius 3 is 2.94 bits per heavy atom. The Morgan fingerprint density at radius 1 is 1.29 bits per heavy atom. The summed E-state index contributed by atoms with van der Waals surface area (Å²) >= 11 is 0. The van der Waals surface area contributed by atoms with E-state index in [0.717, 1.165) is 29.6 Å². The Balaban J connectivity index is 2.18. The molecule has 0 aliphatic heterocycles. The first-order valence-electron chi connectivity index (χ1n) is 5.88. The van der Waals surface area contributed by atoms with Crippen molar-refractivity contribution in [3.63, 3.8) is 0 Å². The van der Waals surface area contributed by atoms with E-state index >= 15 is 0 Å². The van der Waals surface area contributed by atoms with E-state index in [0.29, 0.717) is 6.04 Å². The highest BCUT2D eigenvalue weighted by atomic mass is 16.2. The van der Waals surface area contributed by atoms with Crippen LogP contribution in [0.15, 0.2) is 30.6 Å². The molecule has 90 valence electrons. The highest BCUT2D eigenvalue weighted by Crippen LogP contribution is 2.19. The third kappa shape index (κ3) is 2.91. The molecule has 0 amide bonds. The molecule has 0 fully saturated rings. The van der Waals surface area contributed by atoms with Gasteiger partial charge in [0.25, 0.3) is 0 Å². The molecule has 0 radical (unpaired) electrons. The van der Waals surface area contributed by atoms with Crippen molar-refractivity contribution in [1.82, 2.24) is 9.97 Å². The number of aromatic nitrogens is 2. The normalized spacial score (nSPS) is 12.6. The summed E-state index contributed by atoms with van der Waals surface area (Å²) < 4.78 is 0. The molecule has 0 aliphatic rings. The SMILES string of the molecule is CC(CCCO)Nc1ncnc2ccccc12. The first kappa shape index (κ1) is 11.8. The Morgan fingerprint density at radius 2 is 2.12 bits per heavy atom. The number of aliphatic hydroxyl groups is 1. The van der Waals surface area contributed by atoms with Crippen molar-refractivity contribution < 1.29 is 5.11 Å². The van der Waals surface area contributed by atoms with Gasteiger partial charge in [0.05, 0.1) is 5.52 Å². The number of para-hydroxylation sites is 1. The molecule has 0 saturated heterocycles. The van der Waals surface area contributed by atoms with Crippen LogP contribution in [0.3, 0.4) is 0 Å². The Kier molecular flexibility index (Phi) is 3.88. The van der Waals surface area contributed by atoms with Crippen LogP contribution in [0.4, 0.5) is 5.82 Å². The maximum Gasteiger partial charge on any atom is 0.137 e. The molecule has 1 heterocycles. The molecular formula is C13H17N3O. The minimum Gasteiger partial charge on any atom is -0.396 e. The second-order valence-corrected chi connectivity index (χ2v) is 4.15. The lowest BCUT2D eigenvalue weighted by atomic mass is 10.1. The van der Waals surface area contributed by atoms with Crippen molar-refractivity contribution in [2.45, 2.75) is 25.8 Å². The van der Waals surface area contributed by atoms with Crippen molar-refractivity contribution >= 4 is 16.7 Å². The molecule has 2 N–H and O–H groups in total. The molecule has 0 bridgehead atoms. The zero-order chi connectivity index (χ0) is 12.1. The Labute approximate surface area is 101 Å². The van der Waals surface area contributed by atoms with Crippen LogP contribution in [0.2, 0.25) is 0 Å². The summed E-state index contributed by atoms with van der Waals surface area (Å²) in [5.74, 6) is 0.862. The molecule has 2 rings (SSSR count). The van der Waals surface area contributed by atoms with E-state index in [-0.39, 0.29) is 6.61 Å². The average molecular weight is 231 g/mol. The largest absolute Gasteiger partial charge is 0.396 e. The Hall–Kier alpha value is -1.68. The molecule has 2 aromatic rings. The fourth-order valence-electron chi connectivity index (χ4n) is 1.82. The van der Waals surface area contributed by atoms with Gasteiger partial charge in [-0.25, -0.2) is 9.97 Å². The van der Waals surface area contributed by atoms with Gasteiger partial charge in [0.2, 0.25) is 0 Å². The van der Waals surface area contributed by atoms with E-state index in [4.69, 9.17) is 5.11 Å². The highest BCUT2D eigenvalue weighted by molar-refractivity contribution is 5.88. The van der Waals surface area contributed by atoms with Gasteiger partial charge in [-0.1, -0.05) is 12.1 Å². The van der Waals surface area contributed by atoms with Crippen LogP contribution in [0.25, 0.3) is 10.9 Å². The van der Waals surface area contributed by atoms with Crippen molar-refractivity contribution in [3.8, 4) is 0 Å². The predicted octanol–water partition coefficient (Wildman–Crippen LogP) is 2.20. The number of hydrogen-bond acceptors (Lipinski definition) is 4. The van der Waals surface area contributed by atoms with Crippen molar-refractivity contribution in [1.29, 1.82) is 0 Å². The minimum atomic E-state index is 0.233. The third-order valence-electron chi connectivity index (χ3n) is 2.72. The van der Waals surface area contributed by atoms with Gasteiger partial charge in [0.1, 0.15) is 12.1 Å². The summed E-state index contributed by atoms with van der Waals surface area (Å²) in [5.41, 5.74) is 0.944. The lowest BCUT2D eigenvalue weighted by Gasteiger charge is -2.14. The molecule has 0 spiro atoms. The molecular weight excluding hydrogens is 214 g/mol. The van der Waals surface area contributed by atoms with Crippen LogP contribution in [0, 0.1) is 0 Å². The van der Waals surface area contributed by atoms with Gasteiger partial charge >= 0.3 is 0 Å². The second kappa shape index (κ2) is 5.59. The lowest BCUT2D eigenvalue weighted by Crippen LogP contribution is -2.16. The zero-order valence-corrected chi connectivity index (χ0v) is 9.93. The fraction of sp³-hybridized carbons (Fsp3) is 0.385. The van der Waals surface area contributed by atoms with E-state index in [2.05, 4.69) is 22.2 Å². The van der Waals surface area contributed by atoms with Gasteiger partial charge < -0.3 is 10.4 Å². The number of rotatable bonds is 5. The molecule has 4 nitrogen and oxygen atoms in total. The highest BCUT2D eigenvalue weighted by Gasteiger charge is 2.06. The summed E-state index contributed by atoms with van der Waals surface area (Å²) in [5, 5.41) is 13.2. The maximum atomic E-state index is 8.80. The molecule has 1 aromatic heterocycles. The average Bonchev–Trinajstić information content (AvgIpc) is 2.37. The first-order chi connectivity index (χ1) is 8.31. The number of hydrogen-bond donors (Lipinski definition) is 2. The molecule has 17 heavy (non-hydrogen) atoms. The van der Waals surface area contributed by atoms with Crippen molar-refractivity contribution in [2.24, 2.45) is 0 Å². The van der Waals surface area contributed by atoms with Crippen LogP contribution < -0.4 is 5.32 Å². The quantitative estimate of drug-likeness (QED) is 0.828. The monoisotopic (exact) mass is 231 g/mol. The maximum absolute atomic E-state index is 8.80. The lowest BCUT2D eigenvalue weighted by molar-refractivity contribution is 0.282. The first-order valence-corrected chi connectivity index (χ1v) is 5.88. The van der Waals surface area contributed by atoms with E-state index in [1.807, 2.05) is 24.3 Å². The number of aliphatic hydroxyl groups excluding tert-OH is 1. The van der Waals surface area contributed by atoms with Gasteiger partial charge in [0.15, 0.2) is 0 Å². The molecule has 1 unspecified atom stereocenters. The molecule has 0 aliphatic carbocycles. The molecule has 0 saturated carbocycles. The summed E-state index contributed by atoms with van der Waals surface area (Å²) in [7, 11) is 0. The number of fused-ring (bicyclic) bond motifs is 1. The Bertz CT molecular complexity index is 482. The minimum absolute atomic E-state index is 0.233.